The lowest BCUT2D eigenvalue weighted by Gasteiger charge is -2.08. The van der Waals surface area contributed by atoms with Crippen LogP contribution in [0.2, 0.25) is 0 Å². The normalized spacial score (nSPS) is 9.88. The van der Waals surface area contributed by atoms with Crippen molar-refractivity contribution in [1.82, 2.24) is 9.97 Å². The molecule has 0 aliphatic rings. The molecule has 2 aromatic rings. The average molecular weight is 215 g/mol. The van der Waals surface area contributed by atoms with Gasteiger partial charge in [0.2, 0.25) is 0 Å². The van der Waals surface area contributed by atoms with Gasteiger partial charge in [-0.25, -0.2) is 0 Å². The Hall–Kier alpha value is -2.10. The molecule has 4 heteroatoms. The lowest BCUT2D eigenvalue weighted by molar-refractivity contribution is 0.474. The molecule has 4 nitrogen and oxygen atoms in total. The third-order valence-corrected chi connectivity index (χ3v) is 2.19. The molecule has 0 spiro atoms. The molecule has 16 heavy (non-hydrogen) atoms. The summed E-state index contributed by atoms with van der Waals surface area (Å²) in [5.41, 5.74) is 1.77. The van der Waals surface area contributed by atoms with E-state index >= 15 is 0 Å². The first-order chi connectivity index (χ1) is 7.79. The maximum Gasteiger partial charge on any atom is 0.148 e. The number of aromatic nitrogens is 2. The molecule has 2 aromatic heterocycles. The van der Waals surface area contributed by atoms with Crippen LogP contribution >= 0.6 is 0 Å². The molecule has 0 saturated carbocycles. The Bertz CT molecular complexity index is 485. The molecular weight excluding hydrogens is 202 g/mol. The van der Waals surface area contributed by atoms with Crippen LogP contribution in [0.3, 0.4) is 0 Å². The van der Waals surface area contributed by atoms with Crippen molar-refractivity contribution < 1.29 is 4.74 Å². The Morgan fingerprint density at radius 1 is 1.31 bits per heavy atom. The zero-order chi connectivity index (χ0) is 11.4. The lowest BCUT2D eigenvalue weighted by atomic mass is 10.3. The van der Waals surface area contributed by atoms with E-state index in [-0.39, 0.29) is 0 Å². The quantitative estimate of drug-likeness (QED) is 0.855. The second kappa shape index (κ2) is 4.61. The highest BCUT2D eigenvalue weighted by Gasteiger charge is 2.02. The van der Waals surface area contributed by atoms with Gasteiger partial charge in [0.15, 0.2) is 0 Å². The number of aryl methyl sites for hydroxylation is 1. The average Bonchev–Trinajstić information content (AvgIpc) is 2.32. The number of nitrogens with zero attached hydrogens (tertiary/aromatic N) is 2. The van der Waals surface area contributed by atoms with E-state index in [0.29, 0.717) is 5.75 Å². The van der Waals surface area contributed by atoms with Gasteiger partial charge in [-0.3, -0.25) is 9.97 Å². The maximum absolute atomic E-state index is 5.69. The van der Waals surface area contributed by atoms with E-state index in [0.717, 1.165) is 17.1 Å². The van der Waals surface area contributed by atoms with Crippen LogP contribution in [0.25, 0.3) is 0 Å². The predicted octanol–water partition coefficient (Wildman–Crippen LogP) is 2.62. The van der Waals surface area contributed by atoms with Crippen LogP contribution in [0.15, 0.2) is 36.8 Å². The topological polar surface area (TPSA) is 47.0 Å². The van der Waals surface area contributed by atoms with Gasteiger partial charge in [-0.1, -0.05) is 0 Å². The molecule has 0 amide bonds. The van der Waals surface area contributed by atoms with Gasteiger partial charge in [0.1, 0.15) is 11.5 Å². The summed E-state index contributed by atoms with van der Waals surface area (Å²) >= 11 is 0. The highest BCUT2D eigenvalue weighted by atomic mass is 16.5. The first kappa shape index (κ1) is 10.4. The number of hydrogen-bond donors (Lipinski definition) is 1. The number of ether oxygens (including phenoxy) is 1. The van der Waals surface area contributed by atoms with Gasteiger partial charge in [-0.15, -0.1) is 0 Å². The molecule has 0 unspecified atom stereocenters. The van der Waals surface area contributed by atoms with Crippen LogP contribution in [-0.2, 0) is 0 Å². The zero-order valence-electron chi connectivity index (χ0n) is 9.27. The van der Waals surface area contributed by atoms with Gasteiger partial charge < -0.3 is 10.1 Å². The van der Waals surface area contributed by atoms with Crippen molar-refractivity contribution in [2.24, 2.45) is 0 Å². The molecule has 0 saturated heterocycles. The third kappa shape index (κ3) is 2.28. The van der Waals surface area contributed by atoms with Crippen LogP contribution in [0.5, 0.6) is 11.5 Å². The monoisotopic (exact) mass is 215 g/mol. The molecule has 0 aromatic carbocycles. The molecule has 0 aliphatic heterocycles. The van der Waals surface area contributed by atoms with Crippen LogP contribution in [0.1, 0.15) is 5.69 Å². The van der Waals surface area contributed by atoms with Crippen molar-refractivity contribution in [1.29, 1.82) is 0 Å². The fourth-order valence-electron chi connectivity index (χ4n) is 1.32. The fraction of sp³-hybridized carbons (Fsp3) is 0.167. The van der Waals surface area contributed by atoms with E-state index in [4.69, 9.17) is 4.74 Å². The van der Waals surface area contributed by atoms with Crippen molar-refractivity contribution >= 4 is 5.69 Å². The number of anilines is 1. The minimum atomic E-state index is 0.697. The first-order valence-electron chi connectivity index (χ1n) is 5.02. The summed E-state index contributed by atoms with van der Waals surface area (Å²) in [4.78, 5) is 8.23. The minimum absolute atomic E-state index is 0.697. The molecule has 2 heterocycles. The smallest absolute Gasteiger partial charge is 0.148 e. The number of hydrogen-bond acceptors (Lipinski definition) is 4. The van der Waals surface area contributed by atoms with E-state index in [1.165, 1.54) is 0 Å². The van der Waals surface area contributed by atoms with E-state index in [9.17, 15) is 0 Å². The molecule has 0 atom stereocenters. The molecular formula is C12H13N3O. The van der Waals surface area contributed by atoms with Gasteiger partial charge >= 0.3 is 0 Å². The second-order valence-corrected chi connectivity index (χ2v) is 3.35. The molecule has 0 bridgehead atoms. The van der Waals surface area contributed by atoms with E-state index in [1.807, 2.05) is 32.2 Å². The Labute approximate surface area is 94.3 Å². The molecule has 2 rings (SSSR count). The van der Waals surface area contributed by atoms with Crippen LogP contribution in [-0.4, -0.2) is 17.0 Å². The summed E-state index contributed by atoms with van der Waals surface area (Å²) in [6.45, 7) is 1.91. The predicted molar refractivity (Wildman–Crippen MR) is 62.8 cm³/mol. The third-order valence-electron chi connectivity index (χ3n) is 2.19. The maximum atomic E-state index is 5.69. The summed E-state index contributed by atoms with van der Waals surface area (Å²) < 4.78 is 5.69. The highest BCUT2D eigenvalue weighted by molar-refractivity contribution is 5.45. The summed E-state index contributed by atoms with van der Waals surface area (Å²) in [6, 6.07) is 5.62. The van der Waals surface area contributed by atoms with E-state index < -0.39 is 0 Å². The summed E-state index contributed by atoms with van der Waals surface area (Å²) in [6.07, 6.45) is 5.15. The van der Waals surface area contributed by atoms with E-state index in [1.54, 1.807) is 18.6 Å². The number of pyridine rings is 2. The standard InChI is InChI=1S/C12H13N3O/c1-9-12(4-3-5-15-9)16-11-6-10(13-2)7-14-8-11/h3-8,13H,1-2H3. The minimum Gasteiger partial charge on any atom is -0.454 e. The zero-order valence-corrected chi connectivity index (χ0v) is 9.27. The van der Waals surface area contributed by atoms with Crippen LogP contribution in [0, 0.1) is 6.92 Å². The Morgan fingerprint density at radius 2 is 2.19 bits per heavy atom. The Morgan fingerprint density at radius 3 is 2.94 bits per heavy atom. The van der Waals surface area contributed by atoms with Crippen LogP contribution in [0.4, 0.5) is 5.69 Å². The van der Waals surface area contributed by atoms with Gasteiger partial charge in [0.05, 0.1) is 23.8 Å². The molecule has 1 N–H and O–H groups in total. The molecule has 0 aliphatic carbocycles. The SMILES string of the molecule is CNc1cncc(Oc2cccnc2C)c1. The Kier molecular flexibility index (Phi) is 3.00. The fourth-order valence-corrected chi connectivity index (χ4v) is 1.32. The van der Waals surface area contributed by atoms with Crippen LogP contribution < -0.4 is 10.1 Å². The summed E-state index contributed by atoms with van der Waals surface area (Å²) in [5.74, 6) is 1.44. The van der Waals surface area contributed by atoms with Crippen molar-refractivity contribution in [3.8, 4) is 11.5 Å². The van der Waals surface area contributed by atoms with Crippen molar-refractivity contribution in [3.05, 3.63) is 42.5 Å². The largest absolute Gasteiger partial charge is 0.454 e. The molecule has 82 valence electrons. The Balaban J connectivity index is 2.24. The summed E-state index contributed by atoms with van der Waals surface area (Å²) in [5, 5.41) is 3.01. The first-order valence-corrected chi connectivity index (χ1v) is 5.02. The molecule has 0 fully saturated rings. The van der Waals surface area contributed by atoms with E-state index in [2.05, 4.69) is 15.3 Å². The van der Waals surface area contributed by atoms with Crippen molar-refractivity contribution in [2.45, 2.75) is 6.92 Å². The lowest BCUT2D eigenvalue weighted by Crippen LogP contribution is -1.93. The van der Waals surface area contributed by atoms with Gasteiger partial charge in [-0.05, 0) is 19.1 Å². The van der Waals surface area contributed by atoms with Gasteiger partial charge in [-0.2, -0.15) is 0 Å². The highest BCUT2D eigenvalue weighted by Crippen LogP contribution is 2.24. The van der Waals surface area contributed by atoms with Crippen molar-refractivity contribution in [2.75, 3.05) is 12.4 Å². The second-order valence-electron chi connectivity index (χ2n) is 3.35. The number of nitrogens with one attached hydrogen (secondary N) is 1. The van der Waals surface area contributed by atoms with Gasteiger partial charge in [0.25, 0.3) is 0 Å². The summed E-state index contributed by atoms with van der Waals surface area (Å²) in [7, 11) is 1.84. The van der Waals surface area contributed by atoms with Crippen molar-refractivity contribution in [3.63, 3.8) is 0 Å². The van der Waals surface area contributed by atoms with Gasteiger partial charge in [0, 0.05) is 19.3 Å². The number of rotatable bonds is 3. The molecule has 0 radical (unpaired) electrons.